The summed E-state index contributed by atoms with van der Waals surface area (Å²) in [5, 5.41) is 11.7. The van der Waals surface area contributed by atoms with Gasteiger partial charge in [0, 0.05) is 43.7 Å². The molecule has 1 aromatic carbocycles. The first-order valence-corrected chi connectivity index (χ1v) is 15.3. The van der Waals surface area contributed by atoms with E-state index in [-0.39, 0.29) is 6.10 Å². The lowest BCUT2D eigenvalue weighted by molar-refractivity contribution is 0.126. The number of hydrogen-bond acceptors (Lipinski definition) is 5. The highest BCUT2D eigenvalue weighted by atomic mass is 32.1. The Labute approximate surface area is 238 Å². The number of nitrogens with zero attached hydrogens (tertiary/aromatic N) is 3. The van der Waals surface area contributed by atoms with Crippen LogP contribution in [-0.2, 0) is 6.54 Å². The zero-order valence-corrected chi connectivity index (χ0v) is 26.3. The van der Waals surface area contributed by atoms with E-state index in [0.717, 1.165) is 31.1 Å². The number of rotatable bonds is 9. The Morgan fingerprint density at radius 2 is 1.63 bits per heavy atom. The molecule has 2 aromatic rings. The molecule has 1 N–H and O–H groups in total. The Bertz CT molecular complexity index is 879. The predicted octanol–water partition coefficient (Wildman–Crippen LogP) is 8.43. The van der Waals surface area contributed by atoms with Crippen LogP contribution >= 0.6 is 11.3 Å². The van der Waals surface area contributed by atoms with Gasteiger partial charge < -0.3 is 10.0 Å². The molecule has 38 heavy (non-hydrogen) atoms. The average molecular weight is 542 g/mol. The fraction of sp³-hybridized carbons (Fsp3) is 0.545. The van der Waals surface area contributed by atoms with Crippen LogP contribution in [0.4, 0.5) is 0 Å². The van der Waals surface area contributed by atoms with Gasteiger partial charge in [0.15, 0.2) is 0 Å². The van der Waals surface area contributed by atoms with Gasteiger partial charge in [0.25, 0.3) is 0 Å². The van der Waals surface area contributed by atoms with E-state index in [1.54, 1.807) is 24.3 Å². The largest absolute Gasteiger partial charge is 0.393 e. The van der Waals surface area contributed by atoms with Crippen LogP contribution in [0.3, 0.4) is 0 Å². The van der Waals surface area contributed by atoms with Crippen LogP contribution in [0.1, 0.15) is 90.4 Å². The zero-order chi connectivity index (χ0) is 28.8. The van der Waals surface area contributed by atoms with Gasteiger partial charge in [0.2, 0.25) is 0 Å². The summed E-state index contributed by atoms with van der Waals surface area (Å²) in [7, 11) is 0. The normalized spacial score (nSPS) is 15.1. The molecule has 0 aliphatic carbocycles. The molecule has 0 spiro atoms. The number of aliphatic hydroxyl groups is 1. The molecular weight excluding hydrogens is 486 g/mol. The van der Waals surface area contributed by atoms with Gasteiger partial charge in [-0.1, -0.05) is 103 Å². The molecule has 1 aliphatic rings. The lowest BCUT2D eigenvalue weighted by Gasteiger charge is -2.34. The molecule has 0 saturated carbocycles. The number of thiazole rings is 1. The molecule has 1 fully saturated rings. The number of hydrogen-bond donors (Lipinski definition) is 1. The van der Waals surface area contributed by atoms with Gasteiger partial charge in [-0.2, -0.15) is 0 Å². The van der Waals surface area contributed by atoms with Crippen LogP contribution in [0.15, 0.2) is 66.6 Å². The van der Waals surface area contributed by atoms with Crippen molar-refractivity contribution in [3.8, 4) is 0 Å². The van der Waals surface area contributed by atoms with E-state index in [1.807, 2.05) is 32.9 Å². The average Bonchev–Trinajstić information content (AvgIpc) is 3.41. The van der Waals surface area contributed by atoms with Gasteiger partial charge in [0.1, 0.15) is 5.01 Å². The van der Waals surface area contributed by atoms with Crippen LogP contribution in [0.5, 0.6) is 0 Å². The van der Waals surface area contributed by atoms with E-state index in [0.29, 0.717) is 5.92 Å². The fourth-order valence-corrected chi connectivity index (χ4v) is 4.40. The Kier molecular flexibility index (Phi) is 21.7. The van der Waals surface area contributed by atoms with Crippen molar-refractivity contribution in [3.05, 3.63) is 82.9 Å². The first-order chi connectivity index (χ1) is 18.3. The highest BCUT2D eigenvalue weighted by molar-refractivity contribution is 7.10. The first-order valence-electron chi connectivity index (χ1n) is 14.4. The lowest BCUT2D eigenvalue weighted by Crippen LogP contribution is -2.46. The summed E-state index contributed by atoms with van der Waals surface area (Å²) in [6, 6.07) is 10.5. The third kappa shape index (κ3) is 16.0. The summed E-state index contributed by atoms with van der Waals surface area (Å²) in [6.07, 6.45) is 9.93. The van der Waals surface area contributed by atoms with Crippen molar-refractivity contribution >= 4 is 16.9 Å². The van der Waals surface area contributed by atoms with E-state index in [1.165, 1.54) is 42.9 Å². The summed E-state index contributed by atoms with van der Waals surface area (Å²) in [4.78, 5) is 9.86. The van der Waals surface area contributed by atoms with Crippen molar-refractivity contribution in [2.45, 2.75) is 86.8 Å². The van der Waals surface area contributed by atoms with Crippen LogP contribution in [0.2, 0.25) is 0 Å². The minimum atomic E-state index is -0.116. The molecule has 5 heteroatoms. The predicted molar refractivity (Wildman–Crippen MR) is 171 cm³/mol. The summed E-state index contributed by atoms with van der Waals surface area (Å²) in [5.74, 6) is 0.659. The molecule has 3 rings (SSSR count). The van der Waals surface area contributed by atoms with E-state index in [9.17, 15) is 0 Å². The second kappa shape index (κ2) is 22.9. The quantitative estimate of drug-likeness (QED) is 0.323. The van der Waals surface area contributed by atoms with Crippen LogP contribution < -0.4 is 0 Å². The monoisotopic (exact) mass is 541 g/mol. The lowest BCUT2D eigenvalue weighted by atomic mass is 10.0. The Morgan fingerprint density at radius 1 is 1.05 bits per heavy atom. The summed E-state index contributed by atoms with van der Waals surface area (Å²) in [5.41, 5.74) is 3.77. The van der Waals surface area contributed by atoms with Crippen molar-refractivity contribution in [1.29, 1.82) is 0 Å². The number of allylic oxidation sites excluding steroid dienone is 5. The maximum absolute atomic E-state index is 8.36. The van der Waals surface area contributed by atoms with Gasteiger partial charge in [-0.3, -0.25) is 4.90 Å². The third-order valence-corrected chi connectivity index (χ3v) is 6.91. The minimum Gasteiger partial charge on any atom is -0.393 e. The summed E-state index contributed by atoms with van der Waals surface area (Å²) in [6.45, 7) is 27.0. The zero-order valence-electron chi connectivity index (χ0n) is 25.5. The van der Waals surface area contributed by atoms with Crippen LogP contribution in [0.25, 0.3) is 5.57 Å². The molecule has 1 saturated heterocycles. The SMILES string of the molecule is C=C/C=C\C(=C/C)c1nc(CN2CCN(CCC)CC2)cs1.CC.CC(C)c1ccccc1.CCC(C)O. The van der Waals surface area contributed by atoms with Crippen molar-refractivity contribution in [3.63, 3.8) is 0 Å². The molecule has 0 radical (unpaired) electrons. The topological polar surface area (TPSA) is 39.6 Å². The van der Waals surface area contributed by atoms with Crippen molar-refractivity contribution in [1.82, 2.24) is 14.8 Å². The van der Waals surface area contributed by atoms with Gasteiger partial charge >= 0.3 is 0 Å². The highest BCUT2D eigenvalue weighted by Crippen LogP contribution is 2.22. The smallest absolute Gasteiger partial charge is 0.123 e. The van der Waals surface area contributed by atoms with Gasteiger partial charge in [-0.15, -0.1) is 11.3 Å². The molecule has 1 atom stereocenters. The summed E-state index contributed by atoms with van der Waals surface area (Å²) < 4.78 is 0. The Hall–Kier alpha value is -2.05. The Morgan fingerprint density at radius 3 is 2.08 bits per heavy atom. The van der Waals surface area contributed by atoms with Gasteiger partial charge in [0.05, 0.1) is 11.8 Å². The van der Waals surface area contributed by atoms with Crippen molar-refractivity contribution < 1.29 is 5.11 Å². The fourth-order valence-electron chi connectivity index (χ4n) is 3.53. The van der Waals surface area contributed by atoms with Crippen LogP contribution in [-0.4, -0.2) is 58.7 Å². The van der Waals surface area contributed by atoms with Gasteiger partial charge in [-0.05, 0) is 44.7 Å². The standard InChI is InChI=1S/C18H27N3S.C9H12.C4H10O.C2H6/c1-4-7-8-16(6-3)18-19-17(15-22-18)14-21-12-10-20(9-5-2)11-13-21;1-8(2)9-6-4-3-5-7-9;1-3-4(2)5;1-2/h4,6-8,15H,1,5,9-14H2,2-3H3;3-8H,1-2H3;4-5H,3H2,1-2H3;1-2H3/b8-7-,16-6+;;;. The van der Waals surface area contributed by atoms with Crippen LogP contribution in [0, 0.1) is 0 Å². The van der Waals surface area contributed by atoms with Gasteiger partial charge in [-0.25, -0.2) is 4.98 Å². The van der Waals surface area contributed by atoms with E-state index >= 15 is 0 Å². The second-order valence-electron chi connectivity index (χ2n) is 9.42. The minimum absolute atomic E-state index is 0.116. The van der Waals surface area contributed by atoms with E-state index in [2.05, 4.69) is 85.9 Å². The molecule has 1 aliphatic heterocycles. The highest BCUT2D eigenvalue weighted by Gasteiger charge is 2.17. The molecular formula is C33H55N3OS. The summed E-state index contributed by atoms with van der Waals surface area (Å²) >= 11 is 1.73. The first kappa shape index (κ1) is 35.9. The van der Waals surface area contributed by atoms with Crippen molar-refractivity contribution in [2.24, 2.45) is 0 Å². The molecule has 1 aromatic heterocycles. The van der Waals surface area contributed by atoms with E-state index < -0.39 is 0 Å². The molecule has 4 nitrogen and oxygen atoms in total. The molecule has 214 valence electrons. The number of aromatic nitrogens is 1. The maximum atomic E-state index is 8.36. The van der Waals surface area contributed by atoms with E-state index in [4.69, 9.17) is 10.1 Å². The second-order valence-corrected chi connectivity index (χ2v) is 10.3. The molecule has 2 heterocycles. The number of piperazine rings is 1. The number of aliphatic hydroxyl groups excluding tert-OH is 1. The third-order valence-electron chi connectivity index (χ3n) is 5.97. The molecule has 1 unspecified atom stereocenters. The molecule has 0 amide bonds. The van der Waals surface area contributed by atoms with Crippen molar-refractivity contribution in [2.75, 3.05) is 32.7 Å². The molecule has 0 bridgehead atoms. The maximum Gasteiger partial charge on any atom is 0.123 e. The Balaban J connectivity index is 0.000000702. The number of benzene rings is 1.